The predicted molar refractivity (Wildman–Crippen MR) is 133 cm³/mol. The lowest BCUT2D eigenvalue weighted by Gasteiger charge is -2.34. The van der Waals surface area contributed by atoms with Crippen molar-refractivity contribution in [1.29, 1.82) is 0 Å². The number of carbonyl (C=O) groups excluding carboxylic acids is 2. The second kappa shape index (κ2) is 11.3. The fourth-order valence-electron chi connectivity index (χ4n) is 4.59. The minimum atomic E-state index is 0.0792. The van der Waals surface area contributed by atoms with Gasteiger partial charge in [0.05, 0.1) is 13.1 Å². The van der Waals surface area contributed by atoms with Gasteiger partial charge in [0.25, 0.3) is 0 Å². The number of nitrogens with one attached hydrogen (secondary N) is 1. The SMILES string of the molecule is CN(CCCNC(=O)CN1CCN(CC(=O)N2CCc3ccccc32)CC1)c1ccccc1. The van der Waals surface area contributed by atoms with Crippen molar-refractivity contribution in [3.63, 3.8) is 0 Å². The number of nitrogens with zero attached hydrogens (tertiary/aromatic N) is 4. The lowest BCUT2D eigenvalue weighted by molar-refractivity contribution is -0.124. The number of benzene rings is 2. The van der Waals surface area contributed by atoms with Crippen LogP contribution in [0.1, 0.15) is 12.0 Å². The number of hydrogen-bond acceptors (Lipinski definition) is 5. The molecule has 0 atom stereocenters. The van der Waals surface area contributed by atoms with E-state index in [1.54, 1.807) is 0 Å². The van der Waals surface area contributed by atoms with E-state index in [4.69, 9.17) is 0 Å². The van der Waals surface area contributed by atoms with Gasteiger partial charge in [0, 0.05) is 64.2 Å². The molecular formula is C26H35N5O2. The van der Waals surface area contributed by atoms with Crippen LogP contribution in [0.5, 0.6) is 0 Å². The summed E-state index contributed by atoms with van der Waals surface area (Å²) in [5.74, 6) is 0.252. The average Bonchev–Trinajstić information content (AvgIpc) is 3.28. The molecule has 0 bridgehead atoms. The Labute approximate surface area is 196 Å². The van der Waals surface area contributed by atoms with E-state index in [0.29, 0.717) is 19.6 Å². The first-order valence-electron chi connectivity index (χ1n) is 12.0. The van der Waals surface area contributed by atoms with Gasteiger partial charge in [0.15, 0.2) is 0 Å². The molecule has 0 aromatic heterocycles. The van der Waals surface area contributed by atoms with Gasteiger partial charge in [-0.1, -0.05) is 36.4 Å². The van der Waals surface area contributed by atoms with Crippen LogP contribution in [-0.2, 0) is 16.0 Å². The molecule has 1 fully saturated rings. The van der Waals surface area contributed by atoms with Crippen molar-refractivity contribution in [3.05, 3.63) is 60.2 Å². The van der Waals surface area contributed by atoms with Gasteiger partial charge in [-0.05, 0) is 36.6 Å². The van der Waals surface area contributed by atoms with Crippen LogP contribution >= 0.6 is 0 Å². The van der Waals surface area contributed by atoms with E-state index in [2.05, 4.69) is 45.3 Å². The minimum absolute atomic E-state index is 0.0792. The highest BCUT2D eigenvalue weighted by atomic mass is 16.2. The molecule has 2 aromatic carbocycles. The van der Waals surface area contributed by atoms with E-state index in [9.17, 15) is 9.59 Å². The zero-order valence-electron chi connectivity index (χ0n) is 19.6. The molecule has 2 aromatic rings. The summed E-state index contributed by atoms with van der Waals surface area (Å²) in [4.78, 5) is 33.7. The van der Waals surface area contributed by atoms with Gasteiger partial charge >= 0.3 is 0 Å². The third-order valence-corrected chi connectivity index (χ3v) is 6.57. The molecule has 0 radical (unpaired) electrons. The summed E-state index contributed by atoms with van der Waals surface area (Å²) in [6.45, 7) is 6.49. The Morgan fingerprint density at radius 2 is 1.55 bits per heavy atom. The Bertz CT molecular complexity index is 927. The van der Waals surface area contributed by atoms with Gasteiger partial charge in [-0.25, -0.2) is 0 Å². The summed E-state index contributed by atoms with van der Waals surface area (Å²) in [6.07, 6.45) is 1.85. The third kappa shape index (κ3) is 6.33. The number of para-hydroxylation sites is 2. The van der Waals surface area contributed by atoms with Crippen molar-refractivity contribution < 1.29 is 9.59 Å². The van der Waals surface area contributed by atoms with Crippen molar-refractivity contribution in [2.45, 2.75) is 12.8 Å². The number of rotatable bonds is 9. The zero-order valence-corrected chi connectivity index (χ0v) is 19.6. The van der Waals surface area contributed by atoms with Crippen molar-refractivity contribution in [2.75, 3.05) is 75.8 Å². The molecule has 7 heteroatoms. The molecule has 0 spiro atoms. The van der Waals surface area contributed by atoms with Crippen LogP contribution in [0, 0.1) is 0 Å². The fraction of sp³-hybridized carbons (Fsp3) is 0.462. The number of fused-ring (bicyclic) bond motifs is 1. The maximum Gasteiger partial charge on any atom is 0.241 e. The van der Waals surface area contributed by atoms with Gasteiger partial charge in [0.2, 0.25) is 11.8 Å². The third-order valence-electron chi connectivity index (χ3n) is 6.57. The molecule has 176 valence electrons. The molecule has 2 aliphatic heterocycles. The molecular weight excluding hydrogens is 414 g/mol. The van der Waals surface area contributed by atoms with Crippen molar-refractivity contribution in [1.82, 2.24) is 15.1 Å². The number of amides is 2. The first-order chi connectivity index (χ1) is 16.1. The lowest BCUT2D eigenvalue weighted by Crippen LogP contribution is -2.52. The molecule has 0 saturated carbocycles. The van der Waals surface area contributed by atoms with Crippen LogP contribution in [0.15, 0.2) is 54.6 Å². The molecule has 1 N–H and O–H groups in total. The second-order valence-electron chi connectivity index (χ2n) is 8.94. The Morgan fingerprint density at radius 3 is 2.30 bits per heavy atom. The largest absolute Gasteiger partial charge is 0.375 e. The molecule has 4 rings (SSSR count). The molecule has 0 unspecified atom stereocenters. The van der Waals surface area contributed by atoms with Crippen molar-refractivity contribution in [2.24, 2.45) is 0 Å². The van der Waals surface area contributed by atoms with Crippen LogP contribution in [0.3, 0.4) is 0 Å². The van der Waals surface area contributed by atoms with E-state index in [1.807, 2.05) is 41.3 Å². The van der Waals surface area contributed by atoms with Gasteiger partial charge in [0.1, 0.15) is 0 Å². The summed E-state index contributed by atoms with van der Waals surface area (Å²) in [5, 5.41) is 3.05. The van der Waals surface area contributed by atoms with Crippen LogP contribution in [0.2, 0.25) is 0 Å². The predicted octanol–water partition coefficient (Wildman–Crippen LogP) is 1.84. The minimum Gasteiger partial charge on any atom is -0.375 e. The Balaban J connectivity index is 1.11. The highest BCUT2D eigenvalue weighted by Crippen LogP contribution is 2.27. The van der Waals surface area contributed by atoms with Gasteiger partial charge in [-0.2, -0.15) is 0 Å². The van der Waals surface area contributed by atoms with Crippen LogP contribution in [0.25, 0.3) is 0 Å². The molecule has 2 aliphatic rings. The number of hydrogen-bond donors (Lipinski definition) is 1. The van der Waals surface area contributed by atoms with Crippen molar-refractivity contribution in [3.8, 4) is 0 Å². The summed E-state index contributed by atoms with van der Waals surface area (Å²) >= 11 is 0. The van der Waals surface area contributed by atoms with E-state index in [1.165, 1.54) is 11.3 Å². The lowest BCUT2D eigenvalue weighted by atomic mass is 10.2. The number of anilines is 2. The van der Waals surface area contributed by atoms with Crippen molar-refractivity contribution >= 4 is 23.2 Å². The first-order valence-corrected chi connectivity index (χ1v) is 12.0. The van der Waals surface area contributed by atoms with E-state index >= 15 is 0 Å². The Morgan fingerprint density at radius 1 is 0.879 bits per heavy atom. The molecule has 2 amide bonds. The number of carbonyl (C=O) groups is 2. The molecule has 0 aliphatic carbocycles. The number of piperazine rings is 1. The van der Waals surface area contributed by atoms with E-state index in [-0.39, 0.29) is 11.8 Å². The Kier molecular flexibility index (Phi) is 7.96. The molecule has 2 heterocycles. The van der Waals surface area contributed by atoms with E-state index < -0.39 is 0 Å². The van der Waals surface area contributed by atoms with Crippen LogP contribution in [-0.4, -0.2) is 87.6 Å². The van der Waals surface area contributed by atoms with Crippen LogP contribution in [0.4, 0.5) is 11.4 Å². The molecule has 1 saturated heterocycles. The molecule has 33 heavy (non-hydrogen) atoms. The standard InChI is InChI=1S/C26H35N5O2/c1-28(23-9-3-2-4-10-23)14-7-13-27-25(32)20-29-16-18-30(19-17-29)21-26(33)31-15-12-22-8-5-6-11-24(22)31/h2-6,8-11H,7,12-21H2,1H3,(H,27,32). The van der Waals surface area contributed by atoms with Gasteiger partial charge < -0.3 is 15.1 Å². The summed E-state index contributed by atoms with van der Waals surface area (Å²) in [5.41, 5.74) is 3.51. The summed E-state index contributed by atoms with van der Waals surface area (Å²) in [6, 6.07) is 18.4. The topological polar surface area (TPSA) is 59.1 Å². The maximum atomic E-state index is 12.8. The quantitative estimate of drug-likeness (QED) is 0.592. The first kappa shape index (κ1) is 23.3. The van der Waals surface area contributed by atoms with Crippen LogP contribution < -0.4 is 15.1 Å². The zero-order chi connectivity index (χ0) is 23.0. The second-order valence-corrected chi connectivity index (χ2v) is 8.94. The summed E-state index contributed by atoms with van der Waals surface area (Å²) in [7, 11) is 2.07. The summed E-state index contributed by atoms with van der Waals surface area (Å²) < 4.78 is 0. The van der Waals surface area contributed by atoms with E-state index in [0.717, 1.165) is 57.8 Å². The maximum absolute atomic E-state index is 12.8. The highest BCUT2D eigenvalue weighted by Gasteiger charge is 2.27. The average molecular weight is 450 g/mol. The van der Waals surface area contributed by atoms with Gasteiger partial charge in [-0.15, -0.1) is 0 Å². The normalized spacial score (nSPS) is 16.5. The van der Waals surface area contributed by atoms with Gasteiger partial charge in [-0.3, -0.25) is 19.4 Å². The monoisotopic (exact) mass is 449 g/mol. The Hall–Kier alpha value is -2.90. The smallest absolute Gasteiger partial charge is 0.241 e. The molecule has 7 nitrogen and oxygen atoms in total. The fourth-order valence-corrected chi connectivity index (χ4v) is 4.59. The highest BCUT2D eigenvalue weighted by molar-refractivity contribution is 5.96.